The Morgan fingerprint density at radius 2 is 2.30 bits per heavy atom. The molecule has 130 valence electrons. The number of fused-ring (bicyclic) bond motifs is 2. The van der Waals surface area contributed by atoms with E-state index in [0.717, 1.165) is 25.7 Å². The Kier molecular flexibility index (Phi) is 4.84. The van der Waals surface area contributed by atoms with Crippen LogP contribution in [-0.4, -0.2) is 36.4 Å². The fourth-order valence-electron chi connectivity index (χ4n) is 5.12. The van der Waals surface area contributed by atoms with Gasteiger partial charge in [-0.25, -0.2) is 0 Å². The quantitative estimate of drug-likeness (QED) is 0.604. The Bertz CT molecular complexity index is 473. The van der Waals surface area contributed by atoms with E-state index in [-0.39, 0.29) is 36.1 Å². The van der Waals surface area contributed by atoms with E-state index < -0.39 is 0 Å². The van der Waals surface area contributed by atoms with E-state index in [4.69, 9.17) is 4.74 Å². The van der Waals surface area contributed by atoms with Crippen molar-refractivity contribution in [2.75, 3.05) is 13.2 Å². The molecule has 3 aliphatic rings. The summed E-state index contributed by atoms with van der Waals surface area (Å²) in [6.45, 7) is 9.46. The maximum Gasteiger partial charge on any atom is 0.310 e. The summed E-state index contributed by atoms with van der Waals surface area (Å²) in [5, 5.41) is 12.7. The van der Waals surface area contributed by atoms with Crippen LogP contribution in [0.1, 0.15) is 52.4 Å². The van der Waals surface area contributed by atoms with Crippen molar-refractivity contribution in [1.82, 2.24) is 5.32 Å². The summed E-state index contributed by atoms with van der Waals surface area (Å²) >= 11 is 0. The molecule has 0 aromatic carbocycles. The van der Waals surface area contributed by atoms with Crippen molar-refractivity contribution < 1.29 is 14.6 Å². The Hall–Kier alpha value is -0.870. The highest BCUT2D eigenvalue weighted by Crippen LogP contribution is 2.56. The molecule has 0 bridgehead atoms. The van der Waals surface area contributed by atoms with Gasteiger partial charge in [-0.2, -0.15) is 0 Å². The van der Waals surface area contributed by atoms with Crippen LogP contribution >= 0.6 is 0 Å². The van der Waals surface area contributed by atoms with Crippen LogP contribution < -0.4 is 5.32 Å². The van der Waals surface area contributed by atoms with Crippen molar-refractivity contribution in [3.05, 3.63) is 12.2 Å². The van der Waals surface area contributed by atoms with Gasteiger partial charge in [-0.05, 0) is 49.9 Å². The minimum atomic E-state index is -0.0696. The Balaban J connectivity index is 1.71. The fourth-order valence-corrected chi connectivity index (χ4v) is 5.12. The standard InChI is InChI=1S/C19H31NO3/c1-4-13(11-21)20-10-15-14-8-16-12(2)6-5-7-19(16,3)9-17(14)23-18(15)22/h13-17,20-21H,2,4-11H2,1,3H3/t13?,14-,15?,16?,17-,19-/m1/s1. The monoisotopic (exact) mass is 321 g/mol. The van der Waals surface area contributed by atoms with Gasteiger partial charge in [0.25, 0.3) is 0 Å². The molecule has 1 saturated heterocycles. The lowest BCUT2D eigenvalue weighted by molar-refractivity contribution is -0.146. The third-order valence-electron chi connectivity index (χ3n) is 6.66. The van der Waals surface area contributed by atoms with E-state index in [9.17, 15) is 9.90 Å². The zero-order valence-corrected chi connectivity index (χ0v) is 14.5. The van der Waals surface area contributed by atoms with E-state index in [0.29, 0.717) is 18.4 Å². The number of carbonyl (C=O) groups excluding carboxylic acids is 1. The van der Waals surface area contributed by atoms with Crippen molar-refractivity contribution in [1.29, 1.82) is 0 Å². The van der Waals surface area contributed by atoms with Gasteiger partial charge in [-0.15, -0.1) is 0 Å². The minimum Gasteiger partial charge on any atom is -0.462 e. The zero-order chi connectivity index (χ0) is 16.6. The summed E-state index contributed by atoms with van der Waals surface area (Å²) in [6.07, 6.45) is 6.55. The lowest BCUT2D eigenvalue weighted by Crippen LogP contribution is -2.46. The first-order chi connectivity index (χ1) is 11.0. The van der Waals surface area contributed by atoms with Gasteiger partial charge in [0.15, 0.2) is 0 Å². The van der Waals surface area contributed by atoms with Gasteiger partial charge in [0, 0.05) is 18.5 Å². The van der Waals surface area contributed by atoms with Gasteiger partial charge in [-0.3, -0.25) is 4.79 Å². The normalized spacial score (nSPS) is 41.2. The highest BCUT2D eigenvalue weighted by atomic mass is 16.6. The summed E-state index contributed by atoms with van der Waals surface area (Å²) in [7, 11) is 0. The van der Waals surface area contributed by atoms with Crippen LogP contribution in [0.3, 0.4) is 0 Å². The van der Waals surface area contributed by atoms with Crippen molar-refractivity contribution in [2.24, 2.45) is 23.2 Å². The predicted octanol–water partition coefficient (Wildman–Crippen LogP) is 2.66. The van der Waals surface area contributed by atoms with Gasteiger partial charge in [0.2, 0.25) is 0 Å². The van der Waals surface area contributed by atoms with Crippen LogP contribution in [0, 0.1) is 23.2 Å². The molecule has 1 aliphatic heterocycles. The number of esters is 1. The first kappa shape index (κ1) is 17.0. The maximum absolute atomic E-state index is 12.4. The number of ether oxygens (including phenoxy) is 1. The van der Waals surface area contributed by atoms with E-state index in [1.807, 2.05) is 6.92 Å². The highest BCUT2D eigenvalue weighted by Gasteiger charge is 2.54. The molecular weight excluding hydrogens is 290 g/mol. The summed E-state index contributed by atoms with van der Waals surface area (Å²) in [6, 6.07) is 0.0698. The highest BCUT2D eigenvalue weighted by molar-refractivity contribution is 5.75. The molecule has 2 N–H and O–H groups in total. The van der Waals surface area contributed by atoms with Gasteiger partial charge in [-0.1, -0.05) is 26.0 Å². The first-order valence-corrected chi connectivity index (χ1v) is 9.21. The number of aliphatic hydroxyl groups is 1. The summed E-state index contributed by atoms with van der Waals surface area (Å²) in [5.41, 5.74) is 1.64. The molecule has 4 nitrogen and oxygen atoms in total. The minimum absolute atomic E-state index is 0.0480. The van der Waals surface area contributed by atoms with Crippen LogP contribution in [0.15, 0.2) is 12.2 Å². The SMILES string of the molecule is C=C1CCC[C@]2(C)C[C@H]3OC(=O)C(CNC(CC)CO)[C@H]3CC12. The number of carbonyl (C=O) groups is 1. The van der Waals surface area contributed by atoms with Gasteiger partial charge >= 0.3 is 5.97 Å². The average Bonchev–Trinajstić information content (AvgIpc) is 2.81. The van der Waals surface area contributed by atoms with Crippen molar-refractivity contribution in [2.45, 2.75) is 64.5 Å². The molecule has 0 amide bonds. The fraction of sp³-hybridized carbons (Fsp3) is 0.842. The zero-order valence-electron chi connectivity index (χ0n) is 14.5. The molecule has 3 fully saturated rings. The second-order valence-corrected chi connectivity index (χ2v) is 8.10. The van der Waals surface area contributed by atoms with Crippen LogP contribution in [0.5, 0.6) is 0 Å². The number of nitrogens with one attached hydrogen (secondary N) is 1. The summed E-state index contributed by atoms with van der Waals surface area (Å²) < 4.78 is 5.76. The molecule has 1 heterocycles. The molecule has 0 aromatic rings. The van der Waals surface area contributed by atoms with Crippen molar-refractivity contribution in [3.63, 3.8) is 0 Å². The smallest absolute Gasteiger partial charge is 0.310 e. The molecule has 3 rings (SSSR count). The van der Waals surface area contributed by atoms with Crippen LogP contribution in [0.2, 0.25) is 0 Å². The van der Waals surface area contributed by atoms with Crippen LogP contribution in [-0.2, 0) is 9.53 Å². The van der Waals surface area contributed by atoms with Crippen molar-refractivity contribution in [3.8, 4) is 0 Å². The van der Waals surface area contributed by atoms with Crippen LogP contribution in [0.25, 0.3) is 0 Å². The Morgan fingerprint density at radius 1 is 1.52 bits per heavy atom. The number of hydrogen-bond acceptors (Lipinski definition) is 4. The summed E-state index contributed by atoms with van der Waals surface area (Å²) in [5.74, 6) is 0.724. The number of aliphatic hydroxyl groups excluding tert-OH is 1. The van der Waals surface area contributed by atoms with E-state index in [2.05, 4.69) is 18.8 Å². The lowest BCUT2D eigenvalue weighted by atomic mass is 9.55. The van der Waals surface area contributed by atoms with Gasteiger partial charge < -0.3 is 15.2 Å². The molecule has 3 unspecified atom stereocenters. The topological polar surface area (TPSA) is 58.6 Å². The molecule has 0 spiro atoms. The van der Waals surface area contributed by atoms with E-state index in [1.165, 1.54) is 18.4 Å². The van der Waals surface area contributed by atoms with Crippen molar-refractivity contribution >= 4 is 5.97 Å². The molecule has 2 aliphatic carbocycles. The Labute approximate surface area is 139 Å². The Morgan fingerprint density at radius 3 is 3.00 bits per heavy atom. The molecule has 4 heteroatoms. The lowest BCUT2D eigenvalue weighted by Gasteiger charge is -2.50. The third-order valence-corrected chi connectivity index (χ3v) is 6.66. The van der Waals surface area contributed by atoms with Gasteiger partial charge in [0.1, 0.15) is 6.10 Å². The maximum atomic E-state index is 12.4. The second-order valence-electron chi connectivity index (χ2n) is 8.10. The van der Waals surface area contributed by atoms with Gasteiger partial charge in [0.05, 0.1) is 12.5 Å². The number of allylic oxidation sites excluding steroid dienone is 1. The molecule has 0 radical (unpaired) electrons. The largest absolute Gasteiger partial charge is 0.462 e. The molecule has 2 saturated carbocycles. The summed E-state index contributed by atoms with van der Waals surface area (Å²) in [4.78, 5) is 12.4. The van der Waals surface area contributed by atoms with E-state index >= 15 is 0 Å². The molecule has 6 atom stereocenters. The molecule has 0 aromatic heterocycles. The molecular formula is C19H31NO3. The number of rotatable bonds is 5. The van der Waals surface area contributed by atoms with Crippen LogP contribution in [0.4, 0.5) is 0 Å². The predicted molar refractivity (Wildman–Crippen MR) is 89.8 cm³/mol. The second kappa shape index (κ2) is 6.56. The average molecular weight is 321 g/mol. The molecule has 23 heavy (non-hydrogen) atoms. The third kappa shape index (κ3) is 3.08. The number of hydrogen-bond donors (Lipinski definition) is 2. The van der Waals surface area contributed by atoms with E-state index in [1.54, 1.807) is 0 Å². The first-order valence-electron chi connectivity index (χ1n) is 9.21.